The molecule has 0 aromatic rings. The largest absolute Gasteiger partial charge is 0.359 e. The molecule has 0 saturated carbocycles. The van der Waals surface area contributed by atoms with Gasteiger partial charge in [-0.2, -0.15) is 4.42 Å². The number of amides is 1. The van der Waals surface area contributed by atoms with E-state index in [0.29, 0.717) is 4.42 Å². The summed E-state index contributed by atoms with van der Waals surface area (Å²) in [5.74, 6) is -0.415. The number of carbonyl (C=O) groups is 1. The smallest absolute Gasteiger partial charge is 0.261 e. The van der Waals surface area contributed by atoms with Gasteiger partial charge in [0.2, 0.25) is 6.35 Å². The fraction of sp³-hybridized carbons (Fsp3) is 0.800. The maximum absolute atomic E-state index is 11.2. The summed E-state index contributed by atoms with van der Waals surface area (Å²) in [7, 11) is 0. The average molecular weight is 199 g/mol. The highest BCUT2D eigenvalue weighted by molar-refractivity contribution is 6.26. The van der Waals surface area contributed by atoms with Crippen molar-refractivity contribution in [2.24, 2.45) is 0 Å². The van der Waals surface area contributed by atoms with Crippen molar-refractivity contribution in [1.82, 2.24) is 8.84 Å². The zero-order valence-corrected chi connectivity index (χ0v) is 7.60. The molecule has 0 spiro atoms. The van der Waals surface area contributed by atoms with Gasteiger partial charge < -0.3 is 5.11 Å². The van der Waals surface area contributed by atoms with E-state index in [-0.39, 0.29) is 0 Å². The Balaban J connectivity index is 2.96. The molecule has 1 atom stereocenters. The standard InChI is InChI=1S/C5H8Cl2N2O2/c1-5(2)3(10)8(6)4(11)9(5)7/h4,11H,1-2H3. The Morgan fingerprint density at radius 3 is 2.09 bits per heavy atom. The molecular weight excluding hydrogens is 191 g/mol. The topological polar surface area (TPSA) is 43.8 Å². The van der Waals surface area contributed by atoms with Crippen LogP contribution in [0.15, 0.2) is 0 Å². The summed E-state index contributed by atoms with van der Waals surface area (Å²) in [4.78, 5) is 11.2. The molecule has 1 heterocycles. The van der Waals surface area contributed by atoms with E-state index in [1.807, 2.05) is 0 Å². The minimum absolute atomic E-state index is 0.415. The molecule has 6 heteroatoms. The third kappa shape index (κ3) is 1.10. The fourth-order valence-electron chi connectivity index (χ4n) is 0.835. The summed E-state index contributed by atoms with van der Waals surface area (Å²) in [5, 5.41) is 9.14. The Morgan fingerprint density at radius 1 is 1.55 bits per heavy atom. The predicted octanol–water partition coefficient (Wildman–Crippen LogP) is 0.493. The van der Waals surface area contributed by atoms with Crippen LogP contribution in [0.3, 0.4) is 0 Å². The molecule has 1 saturated heterocycles. The maximum atomic E-state index is 11.2. The molecule has 0 bridgehead atoms. The van der Waals surface area contributed by atoms with Crippen LogP contribution in [0.4, 0.5) is 0 Å². The van der Waals surface area contributed by atoms with Gasteiger partial charge in [0.25, 0.3) is 5.91 Å². The number of aliphatic hydroxyl groups excluding tert-OH is 1. The molecule has 1 rings (SSSR count). The van der Waals surface area contributed by atoms with E-state index in [2.05, 4.69) is 0 Å². The van der Waals surface area contributed by atoms with Gasteiger partial charge in [-0.1, -0.05) is 0 Å². The Hall–Kier alpha value is -0.0300. The zero-order valence-electron chi connectivity index (χ0n) is 6.08. The highest BCUT2D eigenvalue weighted by Crippen LogP contribution is 2.32. The molecule has 1 unspecified atom stereocenters. The minimum atomic E-state index is -1.25. The molecule has 1 amide bonds. The number of aliphatic hydroxyl groups is 1. The lowest BCUT2D eigenvalue weighted by atomic mass is 10.1. The van der Waals surface area contributed by atoms with Gasteiger partial charge in [0.15, 0.2) is 0 Å². The van der Waals surface area contributed by atoms with E-state index in [1.54, 1.807) is 13.8 Å². The normalized spacial score (nSPS) is 31.5. The lowest BCUT2D eigenvalue weighted by molar-refractivity contribution is -0.129. The SMILES string of the molecule is CC1(C)C(=O)N(Cl)C(O)N1Cl. The molecule has 64 valence electrons. The van der Waals surface area contributed by atoms with E-state index in [0.717, 1.165) is 4.42 Å². The first kappa shape index (κ1) is 9.06. The lowest BCUT2D eigenvalue weighted by Gasteiger charge is -2.21. The second kappa shape index (κ2) is 2.48. The minimum Gasteiger partial charge on any atom is -0.359 e. The first-order chi connectivity index (χ1) is 4.89. The summed E-state index contributed by atoms with van der Waals surface area (Å²) >= 11 is 11.0. The van der Waals surface area contributed by atoms with E-state index in [4.69, 9.17) is 28.7 Å². The van der Waals surface area contributed by atoms with Gasteiger partial charge in [0, 0.05) is 11.8 Å². The van der Waals surface area contributed by atoms with Gasteiger partial charge in [0.05, 0.1) is 0 Å². The van der Waals surface area contributed by atoms with Crippen molar-refractivity contribution in [3.05, 3.63) is 0 Å². The molecule has 0 aromatic carbocycles. The quantitative estimate of drug-likeness (QED) is 0.577. The van der Waals surface area contributed by atoms with Crippen LogP contribution in [0, 0.1) is 0 Å². The molecule has 1 N–H and O–H groups in total. The average Bonchev–Trinajstić information content (AvgIpc) is 2.06. The number of hydrogen-bond acceptors (Lipinski definition) is 3. The van der Waals surface area contributed by atoms with E-state index in [1.165, 1.54) is 0 Å². The Morgan fingerprint density at radius 2 is 2.00 bits per heavy atom. The first-order valence-corrected chi connectivity index (χ1v) is 3.69. The van der Waals surface area contributed by atoms with Crippen LogP contribution in [-0.4, -0.2) is 31.7 Å². The number of hydrogen-bond donors (Lipinski definition) is 1. The van der Waals surface area contributed by atoms with E-state index in [9.17, 15) is 4.79 Å². The van der Waals surface area contributed by atoms with E-state index < -0.39 is 17.8 Å². The fourth-order valence-corrected chi connectivity index (χ4v) is 1.33. The molecule has 1 fully saturated rings. The number of halogens is 2. The highest BCUT2D eigenvalue weighted by atomic mass is 35.5. The third-order valence-electron chi connectivity index (χ3n) is 1.66. The summed E-state index contributed by atoms with van der Waals surface area (Å²) in [5.41, 5.74) is -0.942. The van der Waals surface area contributed by atoms with Crippen molar-refractivity contribution in [2.45, 2.75) is 25.7 Å². The van der Waals surface area contributed by atoms with Crippen LogP contribution >= 0.6 is 23.6 Å². The van der Waals surface area contributed by atoms with Crippen LogP contribution < -0.4 is 0 Å². The van der Waals surface area contributed by atoms with Gasteiger partial charge in [0.1, 0.15) is 5.54 Å². The molecule has 0 radical (unpaired) electrons. The zero-order chi connectivity index (χ0) is 8.81. The molecular formula is C5H8Cl2N2O2. The van der Waals surface area contributed by atoms with Gasteiger partial charge >= 0.3 is 0 Å². The van der Waals surface area contributed by atoms with Crippen LogP contribution in [0.25, 0.3) is 0 Å². The van der Waals surface area contributed by atoms with Crippen LogP contribution in [0.1, 0.15) is 13.8 Å². The number of rotatable bonds is 0. The van der Waals surface area contributed by atoms with Gasteiger partial charge in [-0.05, 0) is 25.6 Å². The predicted molar refractivity (Wildman–Crippen MR) is 40.5 cm³/mol. The molecule has 11 heavy (non-hydrogen) atoms. The summed E-state index contributed by atoms with van der Waals surface area (Å²) in [6.07, 6.45) is -1.25. The monoisotopic (exact) mass is 198 g/mol. The van der Waals surface area contributed by atoms with Crippen molar-refractivity contribution in [1.29, 1.82) is 0 Å². The van der Waals surface area contributed by atoms with Crippen LogP contribution in [0.5, 0.6) is 0 Å². The van der Waals surface area contributed by atoms with Crippen molar-refractivity contribution in [3.63, 3.8) is 0 Å². The number of nitrogens with zero attached hydrogens (tertiary/aromatic N) is 2. The summed E-state index contributed by atoms with van der Waals surface area (Å²) in [6, 6.07) is 0. The summed E-state index contributed by atoms with van der Waals surface area (Å²) in [6.45, 7) is 3.15. The molecule has 0 aliphatic carbocycles. The number of carbonyl (C=O) groups excluding carboxylic acids is 1. The van der Waals surface area contributed by atoms with Crippen molar-refractivity contribution < 1.29 is 9.90 Å². The maximum Gasteiger partial charge on any atom is 0.261 e. The lowest BCUT2D eigenvalue weighted by Crippen LogP contribution is -2.39. The highest BCUT2D eigenvalue weighted by Gasteiger charge is 2.50. The molecule has 4 nitrogen and oxygen atoms in total. The van der Waals surface area contributed by atoms with Crippen molar-refractivity contribution in [3.8, 4) is 0 Å². The van der Waals surface area contributed by atoms with Crippen LogP contribution in [0.2, 0.25) is 0 Å². The first-order valence-electron chi connectivity index (χ1n) is 3.01. The Kier molecular flexibility index (Phi) is 2.05. The van der Waals surface area contributed by atoms with Gasteiger partial charge in [-0.15, -0.1) is 0 Å². The second-order valence-corrected chi connectivity index (χ2v) is 3.56. The molecule has 1 aliphatic rings. The summed E-state index contributed by atoms with van der Waals surface area (Å²) < 4.78 is 1.65. The van der Waals surface area contributed by atoms with Gasteiger partial charge in [-0.25, -0.2) is 4.42 Å². The van der Waals surface area contributed by atoms with E-state index >= 15 is 0 Å². The van der Waals surface area contributed by atoms with Crippen molar-refractivity contribution >= 4 is 29.5 Å². The second-order valence-electron chi connectivity index (χ2n) is 2.83. The molecule has 1 aliphatic heterocycles. The molecule has 0 aromatic heterocycles. The Labute approximate surface area is 74.5 Å². The van der Waals surface area contributed by atoms with Crippen molar-refractivity contribution in [2.75, 3.05) is 0 Å². The third-order valence-corrected chi connectivity index (χ3v) is 2.58. The Bertz CT molecular complexity index is 197. The van der Waals surface area contributed by atoms with Crippen LogP contribution in [-0.2, 0) is 4.79 Å². The van der Waals surface area contributed by atoms with Gasteiger partial charge in [-0.3, -0.25) is 4.79 Å².